The Bertz CT molecular complexity index is 882. The Labute approximate surface area is 160 Å². The fourth-order valence-electron chi connectivity index (χ4n) is 3.51. The fraction of sp³-hybridized carbons (Fsp3) is 0.261. The second-order valence-electron chi connectivity index (χ2n) is 6.86. The lowest BCUT2D eigenvalue weighted by Crippen LogP contribution is -2.30. The average molecular weight is 360 g/mol. The first-order valence-corrected chi connectivity index (χ1v) is 9.29. The summed E-state index contributed by atoms with van der Waals surface area (Å²) in [6, 6.07) is 18.7. The first-order valence-electron chi connectivity index (χ1n) is 9.29. The number of rotatable bonds is 6. The van der Waals surface area contributed by atoms with Crippen molar-refractivity contribution in [3.8, 4) is 11.5 Å². The maximum absolute atomic E-state index is 6.06. The highest BCUT2D eigenvalue weighted by Crippen LogP contribution is 2.34. The number of ether oxygens (including phenoxy) is 2. The SMILES string of the molecule is COc1cc2c(cc1OCc1ccccc1)CCN(Cc1ccncc1)C2. The number of methoxy groups -OCH3 is 1. The third-order valence-electron chi connectivity index (χ3n) is 4.97. The zero-order valence-corrected chi connectivity index (χ0v) is 15.6. The highest BCUT2D eigenvalue weighted by Gasteiger charge is 2.20. The molecule has 1 aliphatic heterocycles. The van der Waals surface area contributed by atoms with Crippen LogP contribution in [0.5, 0.6) is 11.5 Å². The summed E-state index contributed by atoms with van der Waals surface area (Å²) >= 11 is 0. The van der Waals surface area contributed by atoms with E-state index in [4.69, 9.17) is 9.47 Å². The van der Waals surface area contributed by atoms with E-state index in [1.54, 1.807) is 7.11 Å². The standard InChI is InChI=1S/C23H24N2O2/c1-26-22-14-21-16-25(15-18-7-10-24-11-8-18)12-9-20(21)13-23(22)27-17-19-5-3-2-4-6-19/h2-8,10-11,13-14H,9,12,15-17H2,1H3. The average Bonchev–Trinajstić information content (AvgIpc) is 2.73. The summed E-state index contributed by atoms with van der Waals surface area (Å²) in [5.74, 6) is 1.62. The van der Waals surface area contributed by atoms with Crippen molar-refractivity contribution in [2.45, 2.75) is 26.1 Å². The van der Waals surface area contributed by atoms with Gasteiger partial charge >= 0.3 is 0 Å². The minimum Gasteiger partial charge on any atom is -0.493 e. The molecule has 0 aliphatic carbocycles. The number of hydrogen-bond donors (Lipinski definition) is 0. The van der Waals surface area contributed by atoms with E-state index in [2.05, 4.69) is 46.3 Å². The Morgan fingerprint density at radius 1 is 0.926 bits per heavy atom. The van der Waals surface area contributed by atoms with Crippen molar-refractivity contribution in [2.75, 3.05) is 13.7 Å². The molecule has 27 heavy (non-hydrogen) atoms. The van der Waals surface area contributed by atoms with E-state index in [9.17, 15) is 0 Å². The second kappa shape index (κ2) is 8.23. The molecule has 0 radical (unpaired) electrons. The molecule has 1 aliphatic rings. The quantitative estimate of drug-likeness (QED) is 0.659. The van der Waals surface area contributed by atoms with Crippen molar-refractivity contribution < 1.29 is 9.47 Å². The van der Waals surface area contributed by atoms with Crippen molar-refractivity contribution in [1.82, 2.24) is 9.88 Å². The van der Waals surface area contributed by atoms with E-state index in [0.29, 0.717) is 6.61 Å². The molecule has 4 nitrogen and oxygen atoms in total. The third-order valence-corrected chi connectivity index (χ3v) is 4.97. The molecule has 3 aromatic rings. The van der Waals surface area contributed by atoms with Gasteiger partial charge in [0.15, 0.2) is 11.5 Å². The molecule has 138 valence electrons. The number of aromatic nitrogens is 1. The molecular formula is C23H24N2O2. The van der Waals surface area contributed by atoms with Crippen LogP contribution in [0.1, 0.15) is 22.3 Å². The van der Waals surface area contributed by atoms with E-state index < -0.39 is 0 Å². The van der Waals surface area contributed by atoms with Crippen LogP contribution in [-0.4, -0.2) is 23.5 Å². The number of fused-ring (bicyclic) bond motifs is 1. The summed E-state index contributed by atoms with van der Waals surface area (Å²) < 4.78 is 11.7. The summed E-state index contributed by atoms with van der Waals surface area (Å²) in [6.45, 7) is 3.45. The number of hydrogen-bond acceptors (Lipinski definition) is 4. The number of benzene rings is 2. The summed E-state index contributed by atoms with van der Waals surface area (Å²) in [7, 11) is 1.70. The predicted octanol–water partition coefficient (Wildman–Crippen LogP) is 4.23. The summed E-state index contributed by atoms with van der Waals surface area (Å²) in [5.41, 5.74) is 5.12. The topological polar surface area (TPSA) is 34.6 Å². The zero-order chi connectivity index (χ0) is 18.5. The molecule has 0 bridgehead atoms. The van der Waals surface area contributed by atoms with Gasteiger partial charge in [-0.05, 0) is 52.9 Å². The molecule has 0 unspecified atom stereocenters. The Balaban J connectivity index is 1.48. The Morgan fingerprint density at radius 2 is 1.70 bits per heavy atom. The molecule has 2 aromatic carbocycles. The molecule has 0 saturated carbocycles. The minimum atomic E-state index is 0.546. The molecule has 0 saturated heterocycles. The van der Waals surface area contributed by atoms with Crippen molar-refractivity contribution in [3.63, 3.8) is 0 Å². The Kier molecular flexibility index (Phi) is 5.35. The van der Waals surface area contributed by atoms with Gasteiger partial charge in [-0.1, -0.05) is 30.3 Å². The van der Waals surface area contributed by atoms with Crippen LogP contribution in [0.2, 0.25) is 0 Å². The predicted molar refractivity (Wildman–Crippen MR) is 106 cm³/mol. The van der Waals surface area contributed by atoms with Gasteiger partial charge in [-0.25, -0.2) is 0 Å². The lowest BCUT2D eigenvalue weighted by atomic mass is 9.98. The van der Waals surface area contributed by atoms with Crippen LogP contribution >= 0.6 is 0 Å². The van der Waals surface area contributed by atoms with Gasteiger partial charge in [0, 0.05) is 32.0 Å². The van der Waals surface area contributed by atoms with Gasteiger partial charge in [0.2, 0.25) is 0 Å². The molecule has 2 heterocycles. The van der Waals surface area contributed by atoms with Gasteiger partial charge in [0.1, 0.15) is 6.61 Å². The van der Waals surface area contributed by atoms with E-state index in [1.807, 2.05) is 30.6 Å². The summed E-state index contributed by atoms with van der Waals surface area (Å²) in [6.07, 6.45) is 4.73. The minimum absolute atomic E-state index is 0.546. The molecule has 1 aromatic heterocycles. The smallest absolute Gasteiger partial charge is 0.161 e. The first kappa shape index (κ1) is 17.6. The van der Waals surface area contributed by atoms with Gasteiger partial charge in [-0.3, -0.25) is 9.88 Å². The van der Waals surface area contributed by atoms with E-state index in [1.165, 1.54) is 16.7 Å². The van der Waals surface area contributed by atoms with Crippen molar-refractivity contribution in [3.05, 3.63) is 89.2 Å². The maximum Gasteiger partial charge on any atom is 0.161 e. The largest absolute Gasteiger partial charge is 0.493 e. The molecular weight excluding hydrogens is 336 g/mol. The molecule has 0 spiro atoms. The van der Waals surface area contributed by atoms with Crippen LogP contribution in [0.25, 0.3) is 0 Å². The normalized spacial score (nSPS) is 13.8. The molecule has 4 rings (SSSR count). The lowest BCUT2D eigenvalue weighted by molar-refractivity contribution is 0.242. The highest BCUT2D eigenvalue weighted by molar-refractivity contribution is 5.48. The maximum atomic E-state index is 6.06. The first-order chi connectivity index (χ1) is 13.3. The van der Waals surface area contributed by atoms with Crippen LogP contribution in [0, 0.1) is 0 Å². The van der Waals surface area contributed by atoms with Gasteiger partial charge in [-0.15, -0.1) is 0 Å². The van der Waals surface area contributed by atoms with E-state index >= 15 is 0 Å². The number of pyridine rings is 1. The van der Waals surface area contributed by atoms with Gasteiger partial charge < -0.3 is 9.47 Å². The third kappa shape index (κ3) is 4.29. The zero-order valence-electron chi connectivity index (χ0n) is 15.6. The van der Waals surface area contributed by atoms with Gasteiger partial charge in [-0.2, -0.15) is 0 Å². The monoisotopic (exact) mass is 360 g/mol. The highest BCUT2D eigenvalue weighted by atomic mass is 16.5. The summed E-state index contributed by atoms with van der Waals surface area (Å²) in [4.78, 5) is 6.56. The Morgan fingerprint density at radius 3 is 2.48 bits per heavy atom. The second-order valence-corrected chi connectivity index (χ2v) is 6.86. The molecule has 0 N–H and O–H groups in total. The molecule has 0 amide bonds. The van der Waals surface area contributed by atoms with Crippen LogP contribution in [0.3, 0.4) is 0 Å². The van der Waals surface area contributed by atoms with Crippen molar-refractivity contribution in [1.29, 1.82) is 0 Å². The van der Waals surface area contributed by atoms with Crippen LogP contribution in [0.15, 0.2) is 67.0 Å². The molecule has 4 heteroatoms. The van der Waals surface area contributed by atoms with Gasteiger partial charge in [0.25, 0.3) is 0 Å². The van der Waals surface area contributed by atoms with Crippen LogP contribution < -0.4 is 9.47 Å². The fourth-order valence-corrected chi connectivity index (χ4v) is 3.51. The van der Waals surface area contributed by atoms with Crippen molar-refractivity contribution in [2.24, 2.45) is 0 Å². The molecule has 0 atom stereocenters. The van der Waals surface area contributed by atoms with Gasteiger partial charge in [0.05, 0.1) is 7.11 Å². The van der Waals surface area contributed by atoms with E-state index in [0.717, 1.165) is 43.1 Å². The Hall–Kier alpha value is -2.85. The van der Waals surface area contributed by atoms with Crippen LogP contribution in [0.4, 0.5) is 0 Å². The van der Waals surface area contributed by atoms with Crippen molar-refractivity contribution >= 4 is 0 Å². The van der Waals surface area contributed by atoms with Crippen LogP contribution in [-0.2, 0) is 26.1 Å². The lowest BCUT2D eigenvalue weighted by Gasteiger charge is -2.29. The summed E-state index contributed by atoms with van der Waals surface area (Å²) in [5, 5.41) is 0. The number of nitrogens with zero attached hydrogens (tertiary/aromatic N) is 2. The molecule has 0 fully saturated rings. The van der Waals surface area contributed by atoms with E-state index in [-0.39, 0.29) is 0 Å².